The summed E-state index contributed by atoms with van der Waals surface area (Å²) in [7, 11) is 5.12. The standard InChI is InChI=1S/C21H23NO5S/c1-22-7-6-12(13(22)11-23)19-16(25-2)10-17(26-3)20-14(24)9-15(27-21(19)20)18-5-4-8-28-18/h4-5,8-10,12-13,23H,6-7,11H2,1-3H3/t12-,13+/m1/s1. The number of ether oxygens (including phenoxy) is 2. The Balaban J connectivity index is 2.05. The van der Waals surface area contributed by atoms with Crippen molar-refractivity contribution < 1.29 is 19.0 Å². The molecule has 3 aromatic rings. The van der Waals surface area contributed by atoms with Crippen molar-refractivity contribution in [1.29, 1.82) is 0 Å². The molecule has 3 heterocycles. The first-order valence-corrected chi connectivity index (χ1v) is 10.0. The second kappa shape index (κ2) is 7.58. The molecule has 7 heteroatoms. The smallest absolute Gasteiger partial charge is 0.197 e. The number of hydrogen-bond acceptors (Lipinski definition) is 7. The van der Waals surface area contributed by atoms with Gasteiger partial charge in [0.15, 0.2) is 5.43 Å². The zero-order valence-electron chi connectivity index (χ0n) is 16.1. The van der Waals surface area contributed by atoms with Crippen LogP contribution in [0, 0.1) is 0 Å². The molecule has 148 valence electrons. The molecule has 1 fully saturated rings. The van der Waals surface area contributed by atoms with E-state index in [1.807, 2.05) is 24.6 Å². The van der Waals surface area contributed by atoms with E-state index in [1.165, 1.54) is 24.5 Å². The first-order valence-electron chi connectivity index (χ1n) is 9.16. The second-order valence-electron chi connectivity index (χ2n) is 6.98. The highest BCUT2D eigenvalue weighted by molar-refractivity contribution is 7.13. The maximum Gasteiger partial charge on any atom is 0.197 e. The zero-order chi connectivity index (χ0) is 19.8. The number of benzene rings is 1. The van der Waals surface area contributed by atoms with Gasteiger partial charge in [0.05, 0.1) is 25.7 Å². The van der Waals surface area contributed by atoms with Crippen molar-refractivity contribution in [2.45, 2.75) is 18.4 Å². The Morgan fingerprint density at radius 2 is 2.07 bits per heavy atom. The Bertz CT molecular complexity index is 1040. The van der Waals surface area contributed by atoms with Crippen LogP contribution >= 0.6 is 11.3 Å². The molecule has 1 saturated heterocycles. The summed E-state index contributed by atoms with van der Waals surface area (Å²) in [6, 6.07) is 7.03. The third-order valence-electron chi connectivity index (χ3n) is 5.55. The van der Waals surface area contributed by atoms with Crippen LogP contribution in [-0.2, 0) is 0 Å². The first kappa shape index (κ1) is 19.0. The number of likely N-dealkylation sites (N-methyl/N-ethyl adjacent to an activating group) is 1. The first-order chi connectivity index (χ1) is 13.6. The van der Waals surface area contributed by atoms with Crippen molar-refractivity contribution >= 4 is 22.3 Å². The van der Waals surface area contributed by atoms with E-state index in [0.717, 1.165) is 23.4 Å². The molecule has 1 aromatic carbocycles. The van der Waals surface area contributed by atoms with Crippen molar-refractivity contribution in [2.75, 3.05) is 34.4 Å². The lowest BCUT2D eigenvalue weighted by Crippen LogP contribution is -2.32. The molecule has 0 bridgehead atoms. The summed E-state index contributed by atoms with van der Waals surface area (Å²) in [5, 5.41) is 12.3. The van der Waals surface area contributed by atoms with Crippen molar-refractivity contribution in [3.63, 3.8) is 0 Å². The predicted octanol–water partition coefficient (Wildman–Crippen LogP) is 3.32. The van der Waals surface area contributed by atoms with Crippen LogP contribution in [0.15, 0.2) is 38.9 Å². The molecule has 1 aliphatic rings. The number of methoxy groups -OCH3 is 2. The van der Waals surface area contributed by atoms with E-state index in [2.05, 4.69) is 4.90 Å². The molecule has 6 nitrogen and oxygen atoms in total. The summed E-state index contributed by atoms with van der Waals surface area (Å²) in [6.45, 7) is 0.869. The molecule has 4 rings (SSSR count). The third-order valence-corrected chi connectivity index (χ3v) is 6.44. The highest BCUT2D eigenvalue weighted by atomic mass is 32.1. The molecule has 2 atom stereocenters. The topological polar surface area (TPSA) is 72.1 Å². The van der Waals surface area contributed by atoms with Gasteiger partial charge in [-0.2, -0.15) is 0 Å². The highest BCUT2D eigenvalue weighted by Crippen LogP contribution is 2.45. The molecule has 0 amide bonds. The van der Waals surface area contributed by atoms with E-state index < -0.39 is 0 Å². The molecule has 0 radical (unpaired) electrons. The fraction of sp³-hybridized carbons (Fsp3) is 0.381. The molecule has 0 saturated carbocycles. The number of aliphatic hydroxyl groups excluding tert-OH is 1. The Morgan fingerprint density at radius 3 is 2.71 bits per heavy atom. The Labute approximate surface area is 166 Å². The Morgan fingerprint density at radius 1 is 1.29 bits per heavy atom. The zero-order valence-corrected chi connectivity index (χ0v) is 16.9. The quantitative estimate of drug-likeness (QED) is 0.707. The van der Waals surface area contributed by atoms with E-state index >= 15 is 0 Å². The van der Waals surface area contributed by atoms with Gasteiger partial charge < -0.3 is 23.9 Å². The van der Waals surface area contributed by atoms with Crippen molar-refractivity contribution in [2.24, 2.45) is 0 Å². The van der Waals surface area contributed by atoms with E-state index in [-0.39, 0.29) is 24.0 Å². The number of fused-ring (bicyclic) bond motifs is 1. The van der Waals surface area contributed by atoms with E-state index in [4.69, 9.17) is 13.9 Å². The van der Waals surface area contributed by atoms with Crippen LogP contribution in [0.1, 0.15) is 17.9 Å². The van der Waals surface area contributed by atoms with Crippen LogP contribution in [0.5, 0.6) is 11.5 Å². The average Bonchev–Trinajstić information content (AvgIpc) is 3.36. The number of aliphatic hydroxyl groups is 1. The Kier molecular flexibility index (Phi) is 5.14. The van der Waals surface area contributed by atoms with Gasteiger partial charge in [-0.15, -0.1) is 11.3 Å². The largest absolute Gasteiger partial charge is 0.496 e. The molecule has 2 aromatic heterocycles. The minimum absolute atomic E-state index is 0.0138. The summed E-state index contributed by atoms with van der Waals surface area (Å²) < 4.78 is 17.4. The van der Waals surface area contributed by atoms with Crippen LogP contribution in [-0.4, -0.2) is 50.5 Å². The molecular formula is C21H23NO5S. The van der Waals surface area contributed by atoms with Gasteiger partial charge in [0.1, 0.15) is 28.2 Å². The molecular weight excluding hydrogens is 378 g/mol. The average molecular weight is 401 g/mol. The fourth-order valence-corrected chi connectivity index (χ4v) is 4.81. The summed E-state index contributed by atoms with van der Waals surface area (Å²) in [4.78, 5) is 16.0. The lowest BCUT2D eigenvalue weighted by atomic mass is 9.89. The van der Waals surface area contributed by atoms with Crippen LogP contribution in [0.2, 0.25) is 0 Å². The summed E-state index contributed by atoms with van der Waals surface area (Å²) in [5.74, 6) is 1.54. The summed E-state index contributed by atoms with van der Waals surface area (Å²) in [5.41, 5.74) is 1.14. The van der Waals surface area contributed by atoms with Crippen molar-refractivity contribution in [1.82, 2.24) is 4.90 Å². The van der Waals surface area contributed by atoms with Crippen molar-refractivity contribution in [3.8, 4) is 22.1 Å². The van der Waals surface area contributed by atoms with Crippen LogP contribution < -0.4 is 14.9 Å². The molecule has 0 aliphatic carbocycles. The van der Waals surface area contributed by atoms with Gasteiger partial charge >= 0.3 is 0 Å². The van der Waals surface area contributed by atoms with Crippen LogP contribution in [0.25, 0.3) is 21.6 Å². The Hall–Kier alpha value is -2.35. The summed E-state index contributed by atoms with van der Waals surface area (Å²) in [6.07, 6.45) is 0.840. The SMILES string of the molecule is COc1cc(OC)c2c(=O)cc(-c3cccs3)oc2c1[C@@H]1CCN(C)[C@H]1CO. The van der Waals surface area contributed by atoms with E-state index in [9.17, 15) is 9.90 Å². The van der Waals surface area contributed by atoms with Gasteiger partial charge in [0.2, 0.25) is 0 Å². The number of hydrogen-bond donors (Lipinski definition) is 1. The van der Waals surface area contributed by atoms with Crippen LogP contribution in [0.4, 0.5) is 0 Å². The fourth-order valence-electron chi connectivity index (χ4n) is 4.13. The number of thiophene rings is 1. The lowest BCUT2D eigenvalue weighted by Gasteiger charge is -2.25. The van der Waals surface area contributed by atoms with Crippen molar-refractivity contribution in [3.05, 3.63) is 45.4 Å². The van der Waals surface area contributed by atoms with E-state index in [1.54, 1.807) is 13.2 Å². The molecule has 28 heavy (non-hydrogen) atoms. The van der Waals surface area contributed by atoms with Crippen LogP contribution in [0.3, 0.4) is 0 Å². The molecule has 0 spiro atoms. The number of nitrogens with zero attached hydrogens (tertiary/aromatic N) is 1. The van der Waals surface area contributed by atoms with Gasteiger partial charge in [0.25, 0.3) is 0 Å². The van der Waals surface area contributed by atoms with Gasteiger partial charge in [-0.1, -0.05) is 6.07 Å². The predicted molar refractivity (Wildman–Crippen MR) is 110 cm³/mol. The maximum atomic E-state index is 13.0. The minimum Gasteiger partial charge on any atom is -0.496 e. The maximum absolute atomic E-state index is 13.0. The third kappa shape index (κ3) is 2.99. The second-order valence-corrected chi connectivity index (χ2v) is 7.92. The normalized spacial score (nSPS) is 20.0. The van der Waals surface area contributed by atoms with Gasteiger partial charge in [0, 0.05) is 29.7 Å². The molecule has 0 unspecified atom stereocenters. The lowest BCUT2D eigenvalue weighted by molar-refractivity contribution is 0.171. The summed E-state index contributed by atoms with van der Waals surface area (Å²) >= 11 is 1.51. The number of likely N-dealkylation sites (tertiary alicyclic amines) is 1. The number of rotatable bonds is 5. The van der Waals surface area contributed by atoms with Gasteiger partial charge in [-0.05, 0) is 31.5 Å². The minimum atomic E-state index is -0.155. The van der Waals surface area contributed by atoms with E-state index in [0.29, 0.717) is 28.2 Å². The molecule has 1 N–H and O–H groups in total. The molecule has 1 aliphatic heterocycles. The van der Waals surface area contributed by atoms with Gasteiger partial charge in [-0.3, -0.25) is 4.79 Å². The monoisotopic (exact) mass is 401 g/mol. The van der Waals surface area contributed by atoms with Gasteiger partial charge in [-0.25, -0.2) is 0 Å². The highest BCUT2D eigenvalue weighted by Gasteiger charge is 2.37.